The lowest BCUT2D eigenvalue weighted by atomic mass is 10.5. The Morgan fingerprint density at radius 2 is 2.40 bits per heavy atom. The molecule has 0 aliphatic rings. The molecule has 3 N–H and O–H groups in total. The molecule has 0 aliphatic carbocycles. The molecule has 0 unspecified atom stereocenters. The van der Waals surface area contributed by atoms with Crippen LogP contribution in [0.2, 0.25) is 0 Å². The van der Waals surface area contributed by atoms with Crippen molar-refractivity contribution >= 4 is 18.6 Å². The van der Waals surface area contributed by atoms with Crippen LogP contribution >= 0.6 is 12.8 Å². The number of aromatic nitrogens is 2. The largest absolute Gasteiger partial charge is 0.503 e. The number of aromatic hydroxyl groups is 1. The lowest BCUT2D eigenvalue weighted by Gasteiger charge is -1.99. The minimum atomic E-state index is -0.612. The van der Waals surface area contributed by atoms with Crippen LogP contribution in [-0.2, 0) is 0 Å². The Hall–Kier alpha value is -1.17. The maximum absolute atomic E-state index is 10.6. The predicted molar refractivity (Wildman–Crippen MR) is 39.0 cm³/mol. The highest BCUT2D eigenvalue weighted by Crippen LogP contribution is 2.14. The second-order valence-electron chi connectivity index (χ2n) is 1.62. The van der Waals surface area contributed by atoms with Gasteiger partial charge in [-0.1, -0.05) is 12.8 Å². The molecule has 0 saturated carbocycles. The van der Waals surface area contributed by atoms with Gasteiger partial charge in [0, 0.05) is 0 Å². The van der Waals surface area contributed by atoms with Gasteiger partial charge in [0.25, 0.3) is 0 Å². The third kappa shape index (κ3) is 0.926. The van der Waals surface area contributed by atoms with Gasteiger partial charge < -0.3 is 10.8 Å². The fourth-order valence-corrected chi connectivity index (χ4v) is 0.603. The monoisotopic (exact) mass is 159 g/mol. The van der Waals surface area contributed by atoms with E-state index < -0.39 is 5.69 Å². The first-order chi connectivity index (χ1) is 4.63. The lowest BCUT2D eigenvalue weighted by Crippen LogP contribution is -2.18. The zero-order valence-electron chi connectivity index (χ0n) is 4.85. The number of thiol groups is 1. The number of nitrogens with two attached hydrogens (primary N) is 1. The van der Waals surface area contributed by atoms with Crippen LogP contribution in [0.1, 0.15) is 0 Å². The van der Waals surface area contributed by atoms with Crippen LogP contribution in [0.4, 0.5) is 5.82 Å². The number of nitrogens with zero attached hydrogens (tertiary/aromatic N) is 2. The van der Waals surface area contributed by atoms with E-state index in [1.165, 1.54) is 0 Å². The summed E-state index contributed by atoms with van der Waals surface area (Å²) in [6.07, 6.45) is 0.977. The Kier molecular flexibility index (Phi) is 1.54. The van der Waals surface area contributed by atoms with Crippen LogP contribution in [0.15, 0.2) is 11.0 Å². The second kappa shape index (κ2) is 2.22. The average Bonchev–Trinajstić information content (AvgIpc) is 1.93. The Morgan fingerprint density at radius 1 is 1.80 bits per heavy atom. The van der Waals surface area contributed by atoms with Crippen molar-refractivity contribution < 1.29 is 5.11 Å². The zero-order chi connectivity index (χ0) is 7.72. The van der Waals surface area contributed by atoms with Crippen molar-refractivity contribution in [3.8, 4) is 5.75 Å². The van der Waals surface area contributed by atoms with Gasteiger partial charge in [0.15, 0.2) is 11.6 Å². The molecule has 0 atom stereocenters. The summed E-state index contributed by atoms with van der Waals surface area (Å²) in [4.78, 5) is 13.8. The van der Waals surface area contributed by atoms with Gasteiger partial charge in [0.2, 0.25) is 0 Å². The quantitative estimate of drug-likeness (QED) is 0.434. The van der Waals surface area contributed by atoms with Crippen molar-refractivity contribution in [2.24, 2.45) is 0 Å². The number of hydrogen-bond donors (Lipinski definition) is 3. The summed E-state index contributed by atoms with van der Waals surface area (Å²) in [6, 6.07) is 0. The molecule has 5 nitrogen and oxygen atoms in total. The molecule has 0 spiro atoms. The van der Waals surface area contributed by atoms with Crippen LogP contribution in [0.3, 0.4) is 0 Å². The smallest absolute Gasteiger partial charge is 0.359 e. The van der Waals surface area contributed by atoms with Crippen molar-refractivity contribution in [3.05, 3.63) is 16.7 Å². The molecule has 10 heavy (non-hydrogen) atoms. The van der Waals surface area contributed by atoms with E-state index in [0.717, 1.165) is 10.2 Å². The third-order valence-electron chi connectivity index (χ3n) is 0.969. The summed E-state index contributed by atoms with van der Waals surface area (Å²) in [5.41, 5.74) is 4.57. The van der Waals surface area contributed by atoms with Crippen molar-refractivity contribution in [1.29, 1.82) is 0 Å². The molecule has 6 heteroatoms. The van der Waals surface area contributed by atoms with E-state index in [9.17, 15) is 4.79 Å². The van der Waals surface area contributed by atoms with E-state index in [2.05, 4.69) is 17.8 Å². The topological polar surface area (TPSA) is 81.1 Å². The molecule has 0 amide bonds. The molecule has 0 bridgehead atoms. The number of nitrogen functional groups attached to an aromatic ring is 1. The number of anilines is 1. The second-order valence-corrected chi connectivity index (χ2v) is 2.02. The van der Waals surface area contributed by atoms with E-state index in [1.54, 1.807) is 0 Å². The highest BCUT2D eigenvalue weighted by molar-refractivity contribution is 7.78. The Morgan fingerprint density at radius 3 is 2.90 bits per heavy atom. The number of rotatable bonds is 0. The van der Waals surface area contributed by atoms with Gasteiger partial charge in [0.05, 0.1) is 6.20 Å². The minimum absolute atomic E-state index is 0.108. The third-order valence-corrected chi connectivity index (χ3v) is 1.36. The van der Waals surface area contributed by atoms with Gasteiger partial charge in [0.1, 0.15) is 0 Å². The first kappa shape index (κ1) is 6.94. The lowest BCUT2D eigenvalue weighted by molar-refractivity contribution is 0.471. The Labute approximate surface area is 61.7 Å². The van der Waals surface area contributed by atoms with Gasteiger partial charge >= 0.3 is 5.69 Å². The maximum Gasteiger partial charge on any atom is 0.359 e. The van der Waals surface area contributed by atoms with Gasteiger partial charge in [-0.15, -0.1) is 0 Å². The first-order valence-electron chi connectivity index (χ1n) is 2.38. The Balaban J connectivity index is 3.49. The molecule has 0 radical (unpaired) electrons. The molecule has 0 aliphatic heterocycles. The van der Waals surface area contributed by atoms with Gasteiger partial charge in [-0.25, -0.2) is 8.77 Å². The molecule has 1 aromatic heterocycles. The summed E-state index contributed by atoms with van der Waals surface area (Å²) in [5, 5.41) is 8.83. The van der Waals surface area contributed by atoms with Crippen LogP contribution in [0.5, 0.6) is 5.75 Å². The van der Waals surface area contributed by atoms with Gasteiger partial charge in [-0.05, 0) is 0 Å². The van der Waals surface area contributed by atoms with Crippen molar-refractivity contribution in [2.45, 2.75) is 0 Å². The van der Waals surface area contributed by atoms with E-state index >= 15 is 0 Å². The van der Waals surface area contributed by atoms with E-state index in [0.29, 0.717) is 0 Å². The first-order valence-corrected chi connectivity index (χ1v) is 2.78. The normalized spacial score (nSPS) is 9.70. The molecular weight excluding hydrogens is 154 g/mol. The fraction of sp³-hybridized carbons (Fsp3) is 0. The maximum atomic E-state index is 10.6. The van der Waals surface area contributed by atoms with Crippen molar-refractivity contribution in [1.82, 2.24) is 8.96 Å². The van der Waals surface area contributed by atoms with E-state index in [-0.39, 0.29) is 11.6 Å². The highest BCUT2D eigenvalue weighted by atomic mass is 32.1. The summed E-state index contributed by atoms with van der Waals surface area (Å²) in [5.74, 6) is -0.363. The van der Waals surface area contributed by atoms with Crippen LogP contribution in [0.25, 0.3) is 0 Å². The molecule has 1 rings (SSSR count). The summed E-state index contributed by atoms with van der Waals surface area (Å²) < 4.78 is 0.759. The predicted octanol–water partition coefficient (Wildman–Crippen LogP) is -0.776. The molecule has 1 aromatic rings. The highest BCUT2D eigenvalue weighted by Gasteiger charge is 2.01. The van der Waals surface area contributed by atoms with Crippen LogP contribution in [0, 0.1) is 0 Å². The van der Waals surface area contributed by atoms with Crippen LogP contribution in [-0.4, -0.2) is 14.1 Å². The van der Waals surface area contributed by atoms with Crippen molar-refractivity contribution in [2.75, 3.05) is 5.73 Å². The standard InChI is InChI=1S/C4H5N3O2S/c5-3-2(8)1-6-4(9)7(3)10/h1,8,10H,5H2. The molecule has 1 heterocycles. The van der Waals surface area contributed by atoms with Gasteiger partial charge in [-0.2, -0.15) is 4.98 Å². The minimum Gasteiger partial charge on any atom is -0.503 e. The molecule has 0 saturated heterocycles. The average molecular weight is 159 g/mol. The molecule has 0 fully saturated rings. The fourth-order valence-electron chi connectivity index (χ4n) is 0.449. The molecular formula is C4H5N3O2S. The van der Waals surface area contributed by atoms with Crippen molar-refractivity contribution in [3.63, 3.8) is 0 Å². The summed E-state index contributed by atoms with van der Waals surface area (Å²) >= 11 is 3.64. The summed E-state index contributed by atoms with van der Waals surface area (Å²) in [7, 11) is 0. The SMILES string of the molecule is Nc1c(O)cnc(=O)n1S. The van der Waals surface area contributed by atoms with E-state index in [1.807, 2.05) is 0 Å². The summed E-state index contributed by atoms with van der Waals surface area (Å²) in [6.45, 7) is 0. The number of hydrogen-bond acceptors (Lipinski definition) is 5. The molecule has 54 valence electrons. The van der Waals surface area contributed by atoms with Gasteiger partial charge in [-0.3, -0.25) is 0 Å². The Bertz CT molecular complexity index is 308. The zero-order valence-corrected chi connectivity index (χ0v) is 5.75. The van der Waals surface area contributed by atoms with E-state index in [4.69, 9.17) is 10.8 Å². The molecule has 0 aromatic carbocycles. The van der Waals surface area contributed by atoms with Crippen LogP contribution < -0.4 is 11.4 Å².